The van der Waals surface area contributed by atoms with Crippen LogP contribution in [0.2, 0.25) is 0 Å². The fourth-order valence-electron chi connectivity index (χ4n) is 2.21. The van der Waals surface area contributed by atoms with E-state index in [1.807, 2.05) is 0 Å². The molecule has 0 aliphatic rings. The fourth-order valence-corrected chi connectivity index (χ4v) is 2.21. The molecule has 3 N–H and O–H groups in total. The summed E-state index contributed by atoms with van der Waals surface area (Å²) in [5.41, 5.74) is 0.257. The van der Waals surface area contributed by atoms with Crippen LogP contribution in [0, 0.1) is 0 Å². The van der Waals surface area contributed by atoms with Crippen molar-refractivity contribution in [3.05, 3.63) is 70.6 Å². The van der Waals surface area contributed by atoms with E-state index in [1.54, 1.807) is 24.3 Å². The molecule has 3 rings (SSSR count). The highest BCUT2D eigenvalue weighted by Gasteiger charge is 2.07. The van der Waals surface area contributed by atoms with Gasteiger partial charge in [0.15, 0.2) is 0 Å². The average molecular weight is 323 g/mol. The number of para-hydroxylation sites is 1. The van der Waals surface area contributed by atoms with Crippen molar-refractivity contribution in [3.63, 3.8) is 0 Å². The maximum absolute atomic E-state index is 11.9. The minimum absolute atomic E-state index is 0.0297. The minimum Gasteiger partial charge on any atom is -0.508 e. The van der Waals surface area contributed by atoms with Gasteiger partial charge in [-0.2, -0.15) is 0 Å². The van der Waals surface area contributed by atoms with Crippen LogP contribution in [0.1, 0.15) is 5.56 Å². The lowest BCUT2D eigenvalue weighted by Crippen LogP contribution is -2.15. The van der Waals surface area contributed by atoms with Crippen LogP contribution in [0.4, 0.5) is 5.69 Å². The smallest absolute Gasteiger partial charge is 0.360 e. The molecule has 0 saturated heterocycles. The highest BCUT2D eigenvalue weighted by molar-refractivity contribution is 6.02. The van der Waals surface area contributed by atoms with Crippen LogP contribution in [-0.4, -0.2) is 16.1 Å². The lowest BCUT2D eigenvalue weighted by atomic mass is 10.2. The van der Waals surface area contributed by atoms with Gasteiger partial charge in [-0.25, -0.2) is 4.79 Å². The van der Waals surface area contributed by atoms with Gasteiger partial charge in [-0.05, 0) is 35.9 Å². The second-order valence-corrected chi connectivity index (χ2v) is 5.09. The number of carbonyl (C=O) groups is 1. The number of carbonyl (C=O) groups excluding carboxylic acids is 1. The second-order valence-electron chi connectivity index (χ2n) is 5.09. The van der Waals surface area contributed by atoms with Gasteiger partial charge in [-0.3, -0.25) is 4.79 Å². The molecular formula is C18H13NO5. The summed E-state index contributed by atoms with van der Waals surface area (Å²) in [6.45, 7) is 0. The molecule has 0 bridgehead atoms. The highest BCUT2D eigenvalue weighted by atomic mass is 16.4. The van der Waals surface area contributed by atoms with E-state index in [9.17, 15) is 19.8 Å². The van der Waals surface area contributed by atoms with Gasteiger partial charge in [0.1, 0.15) is 22.8 Å². The van der Waals surface area contributed by atoms with Crippen molar-refractivity contribution in [2.45, 2.75) is 0 Å². The first-order valence-electron chi connectivity index (χ1n) is 7.06. The number of rotatable bonds is 3. The quantitative estimate of drug-likeness (QED) is 0.508. The zero-order chi connectivity index (χ0) is 17.1. The van der Waals surface area contributed by atoms with Crippen molar-refractivity contribution >= 4 is 28.6 Å². The lowest BCUT2D eigenvalue weighted by molar-refractivity contribution is -0.111. The Morgan fingerprint density at radius 3 is 2.50 bits per heavy atom. The van der Waals surface area contributed by atoms with Crippen molar-refractivity contribution in [3.8, 4) is 11.5 Å². The van der Waals surface area contributed by atoms with Gasteiger partial charge >= 0.3 is 5.63 Å². The first-order chi connectivity index (χ1) is 11.5. The number of phenolic OH excluding ortho intramolecular Hbond substituents is 2. The molecule has 0 radical (unpaired) electrons. The Labute approximate surface area is 136 Å². The Hall–Kier alpha value is -3.54. The third-order valence-corrected chi connectivity index (χ3v) is 3.25. The van der Waals surface area contributed by atoms with Crippen LogP contribution >= 0.6 is 0 Å². The first-order valence-corrected chi connectivity index (χ1v) is 7.06. The molecule has 1 heterocycles. The molecule has 0 atom stereocenters. The van der Waals surface area contributed by atoms with E-state index in [2.05, 4.69) is 5.32 Å². The molecular weight excluding hydrogens is 310 g/mol. The minimum atomic E-state index is -0.648. The summed E-state index contributed by atoms with van der Waals surface area (Å²) in [5, 5.41) is 21.9. The largest absolute Gasteiger partial charge is 0.508 e. The molecule has 6 heteroatoms. The maximum Gasteiger partial charge on any atom is 0.360 e. The van der Waals surface area contributed by atoms with E-state index < -0.39 is 11.5 Å². The van der Waals surface area contributed by atoms with Crippen molar-refractivity contribution in [1.29, 1.82) is 0 Å². The number of amides is 1. The monoisotopic (exact) mass is 323 g/mol. The molecule has 0 unspecified atom stereocenters. The summed E-state index contributed by atoms with van der Waals surface area (Å²) < 4.78 is 5.13. The Morgan fingerprint density at radius 2 is 1.75 bits per heavy atom. The molecule has 1 amide bonds. The highest BCUT2D eigenvalue weighted by Crippen LogP contribution is 2.21. The van der Waals surface area contributed by atoms with Crippen molar-refractivity contribution in [2.75, 3.05) is 5.32 Å². The maximum atomic E-state index is 11.9. The molecule has 6 nitrogen and oxygen atoms in total. The van der Waals surface area contributed by atoms with Crippen LogP contribution in [0.25, 0.3) is 17.0 Å². The van der Waals surface area contributed by atoms with Gasteiger partial charge in [0.25, 0.3) is 0 Å². The van der Waals surface area contributed by atoms with Gasteiger partial charge in [-0.15, -0.1) is 0 Å². The Kier molecular flexibility index (Phi) is 4.03. The summed E-state index contributed by atoms with van der Waals surface area (Å²) in [6, 6.07) is 12.4. The lowest BCUT2D eigenvalue weighted by Gasteiger charge is -2.02. The van der Waals surface area contributed by atoms with Crippen LogP contribution in [0.15, 0.2) is 63.8 Å². The molecule has 0 spiro atoms. The van der Waals surface area contributed by atoms with E-state index in [0.29, 0.717) is 16.5 Å². The molecule has 1 aromatic heterocycles. The summed E-state index contributed by atoms with van der Waals surface area (Å²) in [4.78, 5) is 23.8. The van der Waals surface area contributed by atoms with E-state index in [4.69, 9.17) is 4.42 Å². The number of phenols is 2. The summed E-state index contributed by atoms with van der Waals surface area (Å²) in [5.74, 6) is -0.782. The molecule has 0 saturated carbocycles. The van der Waals surface area contributed by atoms with E-state index >= 15 is 0 Å². The van der Waals surface area contributed by atoms with Crippen LogP contribution in [0.5, 0.6) is 11.5 Å². The normalized spacial score (nSPS) is 11.0. The van der Waals surface area contributed by atoms with E-state index in [1.165, 1.54) is 36.4 Å². The Bertz CT molecular complexity index is 983. The standard InChI is InChI=1S/C18H13NO5/c20-13-7-11(8-14(21)10-13)5-6-17(22)19-15-9-12-3-1-2-4-16(12)24-18(15)23/h1-10,20-21H,(H,19,22)/b6-5+. The molecule has 120 valence electrons. The van der Waals surface area contributed by atoms with Gasteiger partial charge in [0.2, 0.25) is 5.91 Å². The predicted octanol–water partition coefficient (Wildman–Crippen LogP) is 2.86. The summed E-state index contributed by atoms with van der Waals surface area (Å²) in [7, 11) is 0. The summed E-state index contributed by atoms with van der Waals surface area (Å²) >= 11 is 0. The first kappa shape index (κ1) is 15.4. The van der Waals surface area contributed by atoms with Crippen molar-refractivity contribution in [1.82, 2.24) is 0 Å². The number of anilines is 1. The molecule has 2 aromatic carbocycles. The zero-order valence-electron chi connectivity index (χ0n) is 12.4. The molecule has 0 aliphatic carbocycles. The van der Waals surface area contributed by atoms with Gasteiger partial charge in [-0.1, -0.05) is 18.2 Å². The van der Waals surface area contributed by atoms with Crippen LogP contribution < -0.4 is 10.9 Å². The van der Waals surface area contributed by atoms with Crippen molar-refractivity contribution < 1.29 is 19.4 Å². The summed E-state index contributed by atoms with van der Waals surface area (Å²) in [6.07, 6.45) is 2.58. The Morgan fingerprint density at radius 1 is 1.04 bits per heavy atom. The number of hydrogen-bond acceptors (Lipinski definition) is 5. The molecule has 24 heavy (non-hydrogen) atoms. The van der Waals surface area contributed by atoms with Crippen LogP contribution in [0.3, 0.4) is 0 Å². The number of hydrogen-bond donors (Lipinski definition) is 3. The fraction of sp³-hybridized carbons (Fsp3) is 0. The number of aromatic hydroxyl groups is 2. The van der Waals surface area contributed by atoms with E-state index in [0.717, 1.165) is 0 Å². The number of nitrogens with one attached hydrogen (secondary N) is 1. The molecule has 3 aromatic rings. The molecule has 0 fully saturated rings. The van der Waals surface area contributed by atoms with Gasteiger partial charge in [0, 0.05) is 17.5 Å². The Balaban J connectivity index is 1.80. The van der Waals surface area contributed by atoms with Crippen LogP contribution in [-0.2, 0) is 4.79 Å². The molecule has 0 aliphatic heterocycles. The van der Waals surface area contributed by atoms with Gasteiger partial charge in [0.05, 0.1) is 0 Å². The van der Waals surface area contributed by atoms with Gasteiger partial charge < -0.3 is 19.9 Å². The third kappa shape index (κ3) is 3.44. The topological polar surface area (TPSA) is 99.8 Å². The SMILES string of the molecule is O=C(/C=C/c1cc(O)cc(O)c1)Nc1cc2ccccc2oc1=O. The predicted molar refractivity (Wildman–Crippen MR) is 89.9 cm³/mol. The average Bonchev–Trinajstić information content (AvgIpc) is 2.53. The van der Waals surface area contributed by atoms with Crippen molar-refractivity contribution in [2.24, 2.45) is 0 Å². The second kappa shape index (κ2) is 6.29. The number of benzene rings is 2. The third-order valence-electron chi connectivity index (χ3n) is 3.25. The van der Waals surface area contributed by atoms with E-state index in [-0.39, 0.29) is 17.2 Å². The number of fused-ring (bicyclic) bond motifs is 1. The zero-order valence-corrected chi connectivity index (χ0v) is 12.4.